The third-order valence-electron chi connectivity index (χ3n) is 6.90. The highest BCUT2D eigenvalue weighted by atomic mass is 16.5. The second-order valence-electron chi connectivity index (χ2n) is 8.98. The average molecular weight is 417 g/mol. The molecule has 2 saturated heterocycles. The minimum atomic E-state index is 0.0752. The summed E-state index contributed by atoms with van der Waals surface area (Å²) in [6, 6.07) is 0. The van der Waals surface area contributed by atoms with Crippen LogP contribution in [-0.4, -0.2) is 72.6 Å². The molecule has 2 fully saturated rings. The molecule has 0 spiro atoms. The maximum absolute atomic E-state index is 11.4. The molecule has 2 aliphatic heterocycles. The molecule has 0 radical (unpaired) electrons. The van der Waals surface area contributed by atoms with Gasteiger partial charge in [-0.25, -0.2) is 0 Å². The number of aromatic hydroxyl groups is 2. The van der Waals surface area contributed by atoms with E-state index in [9.17, 15) is 10.2 Å². The third kappa shape index (κ3) is 4.67. The largest absolute Gasteiger partial charge is 0.507 e. The second kappa shape index (κ2) is 9.69. The van der Waals surface area contributed by atoms with E-state index in [1.807, 2.05) is 0 Å². The zero-order valence-electron chi connectivity index (χ0n) is 18.5. The quantitative estimate of drug-likeness (QED) is 0.718. The molecule has 166 valence electrons. The van der Waals surface area contributed by atoms with Crippen molar-refractivity contribution in [3.63, 3.8) is 0 Å². The molecular formula is C24H36N2O4. The van der Waals surface area contributed by atoms with Gasteiger partial charge in [0.2, 0.25) is 0 Å². The molecule has 0 bridgehead atoms. The molecule has 0 aromatic heterocycles. The summed E-state index contributed by atoms with van der Waals surface area (Å²) in [5.41, 5.74) is 5.01. The summed E-state index contributed by atoms with van der Waals surface area (Å²) in [7, 11) is 0. The molecule has 0 saturated carbocycles. The number of hydrogen-bond acceptors (Lipinski definition) is 6. The first-order valence-electron chi connectivity index (χ1n) is 11.4. The second-order valence-corrected chi connectivity index (χ2v) is 8.98. The fourth-order valence-corrected chi connectivity index (χ4v) is 5.02. The van der Waals surface area contributed by atoms with Crippen molar-refractivity contribution in [2.75, 3.05) is 52.6 Å². The van der Waals surface area contributed by atoms with E-state index in [0.29, 0.717) is 13.1 Å². The van der Waals surface area contributed by atoms with Crippen molar-refractivity contribution in [1.82, 2.24) is 9.80 Å². The number of nitrogens with zero attached hydrogens (tertiary/aromatic N) is 2. The van der Waals surface area contributed by atoms with Crippen molar-refractivity contribution in [1.29, 1.82) is 0 Å². The van der Waals surface area contributed by atoms with Gasteiger partial charge in [-0.2, -0.15) is 0 Å². The van der Waals surface area contributed by atoms with Crippen LogP contribution >= 0.6 is 0 Å². The van der Waals surface area contributed by atoms with E-state index in [-0.39, 0.29) is 17.4 Å². The SMILES string of the molecule is CC1=CC(c2c(O)c(CN3CCOCC3)c(C)c(CN3CCOCC3)c2O)CCC1. The van der Waals surface area contributed by atoms with Crippen LogP contribution in [0.5, 0.6) is 11.5 Å². The topological polar surface area (TPSA) is 65.4 Å². The van der Waals surface area contributed by atoms with Gasteiger partial charge in [-0.3, -0.25) is 9.80 Å². The van der Waals surface area contributed by atoms with Crippen molar-refractivity contribution in [3.8, 4) is 11.5 Å². The maximum Gasteiger partial charge on any atom is 0.127 e. The van der Waals surface area contributed by atoms with Gasteiger partial charge in [0.05, 0.1) is 26.4 Å². The van der Waals surface area contributed by atoms with Gasteiger partial charge >= 0.3 is 0 Å². The Hall–Kier alpha value is -1.60. The number of morpholine rings is 2. The fraction of sp³-hybridized carbons (Fsp3) is 0.667. The van der Waals surface area contributed by atoms with E-state index in [1.54, 1.807) is 0 Å². The van der Waals surface area contributed by atoms with Gasteiger partial charge in [0.1, 0.15) is 11.5 Å². The van der Waals surface area contributed by atoms with Crippen LogP contribution in [0.4, 0.5) is 0 Å². The highest BCUT2D eigenvalue weighted by Gasteiger charge is 2.29. The lowest BCUT2D eigenvalue weighted by Gasteiger charge is -2.32. The zero-order chi connectivity index (χ0) is 21.1. The van der Waals surface area contributed by atoms with Gasteiger partial charge in [-0.1, -0.05) is 11.6 Å². The van der Waals surface area contributed by atoms with Crippen LogP contribution in [0.2, 0.25) is 0 Å². The molecule has 4 rings (SSSR count). The lowest BCUT2D eigenvalue weighted by Crippen LogP contribution is -2.37. The number of benzene rings is 1. The molecule has 1 aliphatic carbocycles. The van der Waals surface area contributed by atoms with Gasteiger partial charge < -0.3 is 19.7 Å². The van der Waals surface area contributed by atoms with Crippen LogP contribution in [0.1, 0.15) is 54.4 Å². The Bertz CT molecular complexity index is 733. The molecule has 3 aliphatic rings. The standard InChI is InChI=1S/C24H36N2O4/c1-17-4-3-5-19(14-17)22-23(27)20(15-25-6-10-29-11-7-25)18(2)21(24(22)28)16-26-8-12-30-13-9-26/h14,19,27-28H,3-13,15-16H2,1-2H3. The Labute approximate surface area is 180 Å². The lowest BCUT2D eigenvalue weighted by atomic mass is 9.82. The fourth-order valence-electron chi connectivity index (χ4n) is 5.02. The van der Waals surface area contributed by atoms with Crippen LogP contribution in [0.3, 0.4) is 0 Å². The van der Waals surface area contributed by atoms with Gasteiger partial charge in [0.15, 0.2) is 0 Å². The van der Waals surface area contributed by atoms with Crippen molar-refractivity contribution in [2.45, 2.75) is 52.1 Å². The van der Waals surface area contributed by atoms with Crippen LogP contribution in [0.15, 0.2) is 11.6 Å². The van der Waals surface area contributed by atoms with Crippen molar-refractivity contribution in [2.24, 2.45) is 0 Å². The maximum atomic E-state index is 11.4. The molecule has 2 heterocycles. The molecule has 30 heavy (non-hydrogen) atoms. The summed E-state index contributed by atoms with van der Waals surface area (Å²) in [5, 5.41) is 22.7. The first-order chi connectivity index (χ1) is 14.5. The van der Waals surface area contributed by atoms with Crippen LogP contribution in [-0.2, 0) is 22.6 Å². The van der Waals surface area contributed by atoms with E-state index in [1.165, 1.54) is 5.57 Å². The van der Waals surface area contributed by atoms with Crippen molar-refractivity contribution >= 4 is 0 Å². The van der Waals surface area contributed by atoms with Gasteiger partial charge in [0, 0.05) is 61.9 Å². The number of phenolic OH excluding ortho intramolecular Hbond substituents is 2. The predicted molar refractivity (Wildman–Crippen MR) is 117 cm³/mol. The van der Waals surface area contributed by atoms with Crippen LogP contribution in [0.25, 0.3) is 0 Å². The number of allylic oxidation sites excluding steroid dienone is 2. The van der Waals surface area contributed by atoms with E-state index >= 15 is 0 Å². The van der Waals surface area contributed by atoms with Crippen LogP contribution < -0.4 is 0 Å². The zero-order valence-corrected chi connectivity index (χ0v) is 18.5. The van der Waals surface area contributed by atoms with E-state index < -0.39 is 0 Å². The summed E-state index contributed by atoms with van der Waals surface area (Å²) < 4.78 is 11.0. The third-order valence-corrected chi connectivity index (χ3v) is 6.90. The van der Waals surface area contributed by atoms with E-state index in [0.717, 1.165) is 94.1 Å². The monoisotopic (exact) mass is 416 g/mol. The molecule has 2 N–H and O–H groups in total. The molecule has 6 heteroatoms. The average Bonchev–Trinajstić information content (AvgIpc) is 2.76. The number of phenols is 2. The summed E-state index contributed by atoms with van der Waals surface area (Å²) in [6.45, 7) is 12.0. The molecule has 1 aromatic rings. The Balaban J connectivity index is 1.74. The Morgan fingerprint density at radius 3 is 1.83 bits per heavy atom. The minimum absolute atomic E-state index is 0.0752. The van der Waals surface area contributed by atoms with Gasteiger partial charge in [0.25, 0.3) is 0 Å². The number of rotatable bonds is 5. The minimum Gasteiger partial charge on any atom is -0.507 e. The summed E-state index contributed by atoms with van der Waals surface area (Å²) in [4.78, 5) is 4.68. The van der Waals surface area contributed by atoms with Gasteiger partial charge in [-0.05, 0) is 38.7 Å². The highest BCUT2D eigenvalue weighted by molar-refractivity contribution is 5.60. The van der Waals surface area contributed by atoms with Gasteiger partial charge in [-0.15, -0.1) is 0 Å². The van der Waals surface area contributed by atoms with Crippen molar-refractivity contribution < 1.29 is 19.7 Å². The smallest absolute Gasteiger partial charge is 0.127 e. The predicted octanol–water partition coefficient (Wildman–Crippen LogP) is 3.28. The molecular weight excluding hydrogens is 380 g/mol. The van der Waals surface area contributed by atoms with Crippen molar-refractivity contribution in [3.05, 3.63) is 33.9 Å². The normalized spacial score (nSPS) is 24.1. The molecule has 0 amide bonds. The molecule has 6 nitrogen and oxygen atoms in total. The first-order valence-corrected chi connectivity index (χ1v) is 11.4. The van der Waals surface area contributed by atoms with E-state index in [2.05, 4.69) is 29.7 Å². The molecule has 1 unspecified atom stereocenters. The first kappa shape index (κ1) is 21.6. The van der Waals surface area contributed by atoms with E-state index in [4.69, 9.17) is 9.47 Å². The Morgan fingerprint density at radius 1 is 0.867 bits per heavy atom. The Kier molecular flexibility index (Phi) is 6.98. The number of ether oxygens (including phenoxy) is 2. The molecule has 1 atom stereocenters. The number of hydrogen-bond donors (Lipinski definition) is 2. The lowest BCUT2D eigenvalue weighted by molar-refractivity contribution is 0.0327. The van der Waals surface area contributed by atoms with Crippen LogP contribution in [0, 0.1) is 6.92 Å². The highest BCUT2D eigenvalue weighted by Crippen LogP contribution is 2.46. The summed E-state index contributed by atoms with van der Waals surface area (Å²) in [5.74, 6) is 0.655. The summed E-state index contributed by atoms with van der Waals surface area (Å²) in [6.07, 6.45) is 5.41. The summed E-state index contributed by atoms with van der Waals surface area (Å²) >= 11 is 0. The Morgan fingerprint density at radius 2 is 1.37 bits per heavy atom. The molecule has 1 aromatic carbocycles.